The number of terminal acetylenes is 1. The molecule has 5 aromatic rings. The maximum Gasteiger partial charge on any atom is 0.254 e. The standard InChI is InChI=1S/C32H30N6O3S/c1-4-15-42-32-34-30-28(36-37-38(30)20-21-11-7-5-8-12-21)31(35-32)41-29-26(39-2)16-22(17-27(29)40-3)19-33-25-18-24(25)23-13-9-6-10-14-23/h1,5-14,16-17,24-25,33H,15,18-20H2,2-3H3/t24-,25+/m0/s1. The maximum absolute atomic E-state index is 6.39. The summed E-state index contributed by atoms with van der Waals surface area (Å²) in [5.74, 6) is 5.23. The molecule has 0 aliphatic heterocycles. The van der Waals surface area contributed by atoms with Crippen LogP contribution in [0, 0.1) is 12.3 Å². The summed E-state index contributed by atoms with van der Waals surface area (Å²) >= 11 is 1.34. The van der Waals surface area contributed by atoms with E-state index in [4.69, 9.17) is 20.6 Å². The number of nitrogens with one attached hydrogen (secondary N) is 1. The van der Waals surface area contributed by atoms with Gasteiger partial charge in [-0.15, -0.1) is 11.5 Å². The van der Waals surface area contributed by atoms with Gasteiger partial charge in [0.1, 0.15) is 0 Å². The molecule has 2 heterocycles. The van der Waals surface area contributed by atoms with Gasteiger partial charge in [-0.1, -0.05) is 83.6 Å². The third-order valence-corrected chi connectivity index (χ3v) is 7.83. The fourth-order valence-corrected chi connectivity index (χ4v) is 5.40. The second-order valence-electron chi connectivity index (χ2n) is 9.88. The lowest BCUT2D eigenvalue weighted by Gasteiger charge is -2.16. The van der Waals surface area contributed by atoms with Crippen molar-refractivity contribution < 1.29 is 14.2 Å². The molecule has 212 valence electrons. The van der Waals surface area contributed by atoms with Gasteiger partial charge in [0.2, 0.25) is 5.75 Å². The van der Waals surface area contributed by atoms with E-state index < -0.39 is 0 Å². The molecule has 2 aromatic heterocycles. The number of ether oxygens (including phenoxy) is 3. The smallest absolute Gasteiger partial charge is 0.254 e. The Hall–Kier alpha value is -4.59. The van der Waals surface area contributed by atoms with E-state index in [0.29, 0.717) is 64.4 Å². The van der Waals surface area contributed by atoms with Crippen LogP contribution >= 0.6 is 11.8 Å². The molecular weight excluding hydrogens is 548 g/mol. The van der Waals surface area contributed by atoms with E-state index in [1.165, 1.54) is 17.3 Å². The SMILES string of the molecule is C#CCSc1nc(Oc2c(OC)cc(CN[C@@H]3C[C@H]3c3ccccc3)cc2OC)c2nnn(Cc3ccccc3)c2n1. The van der Waals surface area contributed by atoms with E-state index in [0.717, 1.165) is 17.5 Å². The number of rotatable bonds is 12. The number of methoxy groups -OCH3 is 2. The number of aromatic nitrogens is 5. The highest BCUT2D eigenvalue weighted by Crippen LogP contribution is 2.44. The molecule has 1 aliphatic carbocycles. The first-order chi connectivity index (χ1) is 20.7. The predicted molar refractivity (Wildman–Crippen MR) is 162 cm³/mol. The molecule has 0 bridgehead atoms. The minimum absolute atomic E-state index is 0.241. The molecule has 6 rings (SSSR count). The average Bonchev–Trinajstić information content (AvgIpc) is 3.71. The topological polar surface area (TPSA) is 96.2 Å². The molecule has 0 radical (unpaired) electrons. The first kappa shape index (κ1) is 27.6. The van der Waals surface area contributed by atoms with Gasteiger partial charge in [0.05, 0.1) is 26.5 Å². The van der Waals surface area contributed by atoms with E-state index in [-0.39, 0.29) is 5.88 Å². The summed E-state index contributed by atoms with van der Waals surface area (Å²) in [6.45, 7) is 1.16. The van der Waals surface area contributed by atoms with Gasteiger partial charge in [-0.05, 0) is 35.2 Å². The molecule has 0 spiro atoms. The second-order valence-corrected chi connectivity index (χ2v) is 10.8. The molecule has 0 saturated heterocycles. The average molecular weight is 579 g/mol. The van der Waals surface area contributed by atoms with Crippen molar-refractivity contribution in [2.24, 2.45) is 0 Å². The van der Waals surface area contributed by atoms with Crippen molar-refractivity contribution in [1.82, 2.24) is 30.3 Å². The van der Waals surface area contributed by atoms with Crippen molar-refractivity contribution in [2.45, 2.75) is 36.6 Å². The lowest BCUT2D eigenvalue weighted by Crippen LogP contribution is -2.17. The van der Waals surface area contributed by atoms with Crippen molar-refractivity contribution >= 4 is 22.9 Å². The number of benzene rings is 3. The van der Waals surface area contributed by atoms with Crippen LogP contribution in [0.15, 0.2) is 78.0 Å². The zero-order chi connectivity index (χ0) is 28.9. The fourth-order valence-electron chi connectivity index (χ4n) is 4.89. The lowest BCUT2D eigenvalue weighted by atomic mass is 10.1. The molecule has 2 atom stereocenters. The number of nitrogens with zero attached hydrogens (tertiary/aromatic N) is 5. The summed E-state index contributed by atoms with van der Waals surface area (Å²) in [4.78, 5) is 9.32. The highest BCUT2D eigenvalue weighted by atomic mass is 32.2. The quantitative estimate of drug-likeness (QED) is 0.118. The van der Waals surface area contributed by atoms with Gasteiger partial charge in [-0.2, -0.15) is 4.98 Å². The largest absolute Gasteiger partial charge is 0.493 e. The Kier molecular flexibility index (Phi) is 8.21. The van der Waals surface area contributed by atoms with Crippen LogP contribution in [0.4, 0.5) is 0 Å². The van der Waals surface area contributed by atoms with Gasteiger partial charge >= 0.3 is 0 Å². The Balaban J connectivity index is 1.27. The van der Waals surface area contributed by atoms with Crippen LogP contribution in [0.2, 0.25) is 0 Å². The molecular formula is C32H30N6O3S. The van der Waals surface area contributed by atoms with Crippen LogP contribution in [-0.2, 0) is 13.1 Å². The van der Waals surface area contributed by atoms with Gasteiger partial charge in [0, 0.05) is 18.5 Å². The first-order valence-corrected chi connectivity index (χ1v) is 14.6. The number of thioether (sulfide) groups is 1. The molecule has 0 amide bonds. The summed E-state index contributed by atoms with van der Waals surface area (Å²) < 4.78 is 19.6. The van der Waals surface area contributed by atoms with Gasteiger partial charge in [-0.3, -0.25) is 0 Å². The normalized spacial score (nSPS) is 15.7. The van der Waals surface area contributed by atoms with E-state index in [1.54, 1.807) is 18.9 Å². The van der Waals surface area contributed by atoms with Crippen molar-refractivity contribution in [3.8, 4) is 35.5 Å². The molecule has 10 heteroatoms. The molecule has 42 heavy (non-hydrogen) atoms. The molecule has 9 nitrogen and oxygen atoms in total. The van der Waals surface area contributed by atoms with Crippen LogP contribution in [0.25, 0.3) is 11.2 Å². The number of hydrogen-bond donors (Lipinski definition) is 1. The Labute approximate surface area is 248 Å². The minimum atomic E-state index is 0.241. The Bertz CT molecular complexity index is 1700. The van der Waals surface area contributed by atoms with E-state index in [2.05, 4.69) is 55.8 Å². The molecule has 1 fully saturated rings. The van der Waals surface area contributed by atoms with Gasteiger partial charge < -0.3 is 19.5 Å². The molecule has 1 aliphatic rings. The van der Waals surface area contributed by atoms with Crippen LogP contribution in [0.3, 0.4) is 0 Å². The highest BCUT2D eigenvalue weighted by Gasteiger charge is 2.37. The first-order valence-electron chi connectivity index (χ1n) is 13.6. The summed E-state index contributed by atoms with van der Waals surface area (Å²) in [5.41, 5.74) is 4.41. The fraction of sp³-hybridized carbons (Fsp3) is 0.250. The van der Waals surface area contributed by atoms with Crippen LogP contribution < -0.4 is 19.5 Å². The second kappa shape index (κ2) is 12.5. The van der Waals surface area contributed by atoms with Gasteiger partial charge in [0.15, 0.2) is 27.8 Å². The van der Waals surface area contributed by atoms with Crippen LogP contribution in [0.1, 0.15) is 29.0 Å². The molecule has 1 N–H and O–H groups in total. The zero-order valence-corrected chi connectivity index (χ0v) is 24.2. The van der Waals surface area contributed by atoms with Crippen molar-refractivity contribution in [1.29, 1.82) is 0 Å². The van der Waals surface area contributed by atoms with E-state index in [9.17, 15) is 0 Å². The number of hydrogen-bond acceptors (Lipinski definition) is 9. The van der Waals surface area contributed by atoms with Crippen molar-refractivity contribution in [3.63, 3.8) is 0 Å². The Morgan fingerprint density at radius 3 is 2.38 bits per heavy atom. The lowest BCUT2D eigenvalue weighted by molar-refractivity contribution is 0.341. The Morgan fingerprint density at radius 1 is 0.976 bits per heavy atom. The van der Waals surface area contributed by atoms with Gasteiger partial charge in [0.25, 0.3) is 5.88 Å². The number of fused-ring (bicyclic) bond motifs is 1. The zero-order valence-electron chi connectivity index (χ0n) is 23.4. The third-order valence-electron chi connectivity index (χ3n) is 7.08. The monoisotopic (exact) mass is 578 g/mol. The maximum atomic E-state index is 6.39. The molecule has 0 unspecified atom stereocenters. The van der Waals surface area contributed by atoms with E-state index >= 15 is 0 Å². The summed E-state index contributed by atoms with van der Waals surface area (Å²) in [7, 11) is 3.20. The molecule has 1 saturated carbocycles. The van der Waals surface area contributed by atoms with E-state index in [1.807, 2.05) is 48.5 Å². The predicted octanol–water partition coefficient (Wildman–Crippen LogP) is 5.45. The summed E-state index contributed by atoms with van der Waals surface area (Å²) in [6, 6.07) is 24.9. The third kappa shape index (κ3) is 6.03. The Morgan fingerprint density at radius 2 is 1.69 bits per heavy atom. The van der Waals surface area contributed by atoms with Crippen LogP contribution in [0.5, 0.6) is 23.1 Å². The van der Waals surface area contributed by atoms with Crippen molar-refractivity contribution in [3.05, 3.63) is 89.5 Å². The minimum Gasteiger partial charge on any atom is -0.493 e. The molecule has 3 aromatic carbocycles. The van der Waals surface area contributed by atoms with Gasteiger partial charge in [-0.25, -0.2) is 9.67 Å². The summed E-state index contributed by atoms with van der Waals surface area (Å²) in [5, 5.41) is 12.8. The summed E-state index contributed by atoms with van der Waals surface area (Å²) in [6.07, 6.45) is 6.63. The highest BCUT2D eigenvalue weighted by molar-refractivity contribution is 7.99. The van der Waals surface area contributed by atoms with Crippen molar-refractivity contribution in [2.75, 3.05) is 20.0 Å². The van der Waals surface area contributed by atoms with Crippen LogP contribution in [-0.4, -0.2) is 51.0 Å².